The van der Waals surface area contributed by atoms with Gasteiger partial charge < -0.3 is 10.5 Å². The minimum absolute atomic E-state index is 0.0295. The van der Waals surface area contributed by atoms with Crippen molar-refractivity contribution in [2.75, 3.05) is 6.54 Å². The zero-order valence-corrected chi connectivity index (χ0v) is 8.63. The lowest BCUT2D eigenvalue weighted by Gasteiger charge is -2.38. The van der Waals surface area contributed by atoms with Crippen molar-refractivity contribution in [2.45, 2.75) is 51.0 Å². The molecule has 2 N–H and O–H groups in total. The van der Waals surface area contributed by atoms with Gasteiger partial charge in [0.2, 0.25) is 0 Å². The zero-order valence-electron chi connectivity index (χ0n) is 8.63. The molecule has 80 valence electrons. The van der Waals surface area contributed by atoms with E-state index in [0.29, 0.717) is 6.54 Å². The van der Waals surface area contributed by atoms with Crippen LogP contribution >= 0.6 is 0 Å². The van der Waals surface area contributed by atoms with Crippen LogP contribution in [0.3, 0.4) is 0 Å². The molecule has 0 unspecified atom stereocenters. The van der Waals surface area contributed by atoms with Crippen LogP contribution in [0.2, 0.25) is 0 Å². The average Bonchev–Trinajstić information content (AvgIpc) is 2.55. The average molecular weight is 197 g/mol. The Hall–Kier alpha value is -0.570. The van der Waals surface area contributed by atoms with Crippen molar-refractivity contribution in [2.24, 2.45) is 11.1 Å². The van der Waals surface area contributed by atoms with Gasteiger partial charge in [0, 0.05) is 6.54 Å². The van der Waals surface area contributed by atoms with Crippen LogP contribution in [0.15, 0.2) is 0 Å². The second-order valence-electron chi connectivity index (χ2n) is 4.65. The normalized spacial score (nSPS) is 25.8. The lowest BCUT2D eigenvalue weighted by Crippen LogP contribution is -2.46. The summed E-state index contributed by atoms with van der Waals surface area (Å²) in [5.74, 6) is -0.0295. The van der Waals surface area contributed by atoms with E-state index in [4.69, 9.17) is 10.5 Å². The van der Waals surface area contributed by atoms with Crippen molar-refractivity contribution in [3.63, 3.8) is 0 Å². The third kappa shape index (κ3) is 1.65. The Balaban J connectivity index is 1.87. The molecule has 0 bridgehead atoms. The molecule has 0 atom stereocenters. The molecule has 0 heterocycles. The van der Waals surface area contributed by atoms with Crippen molar-refractivity contribution in [1.82, 2.24) is 0 Å². The lowest BCUT2D eigenvalue weighted by atomic mass is 9.69. The molecule has 2 saturated carbocycles. The van der Waals surface area contributed by atoms with Gasteiger partial charge in [-0.15, -0.1) is 0 Å². The summed E-state index contributed by atoms with van der Waals surface area (Å²) in [5.41, 5.74) is 5.34. The summed E-state index contributed by atoms with van der Waals surface area (Å²) in [5, 5.41) is 0. The van der Waals surface area contributed by atoms with Gasteiger partial charge >= 0.3 is 5.97 Å². The van der Waals surface area contributed by atoms with Gasteiger partial charge in [0.05, 0.1) is 5.41 Å². The Kier molecular flexibility index (Phi) is 2.77. The van der Waals surface area contributed by atoms with E-state index in [-0.39, 0.29) is 17.5 Å². The molecule has 0 amide bonds. The highest BCUT2D eigenvalue weighted by Crippen LogP contribution is 2.41. The maximum Gasteiger partial charge on any atom is 0.313 e. The van der Waals surface area contributed by atoms with E-state index >= 15 is 0 Å². The molecule has 0 aromatic carbocycles. The van der Waals surface area contributed by atoms with Gasteiger partial charge in [-0.3, -0.25) is 4.79 Å². The Morgan fingerprint density at radius 1 is 1.29 bits per heavy atom. The molecule has 0 aromatic rings. The van der Waals surface area contributed by atoms with Gasteiger partial charge in [0.1, 0.15) is 6.10 Å². The summed E-state index contributed by atoms with van der Waals surface area (Å²) >= 11 is 0. The van der Waals surface area contributed by atoms with Crippen LogP contribution in [0, 0.1) is 5.41 Å². The number of hydrogen-bond acceptors (Lipinski definition) is 3. The van der Waals surface area contributed by atoms with Gasteiger partial charge in [-0.05, 0) is 38.5 Å². The topological polar surface area (TPSA) is 52.3 Å². The first-order valence-electron chi connectivity index (χ1n) is 5.68. The van der Waals surface area contributed by atoms with E-state index in [2.05, 4.69) is 0 Å². The predicted molar refractivity (Wildman–Crippen MR) is 53.7 cm³/mol. The monoisotopic (exact) mass is 197 g/mol. The summed E-state index contributed by atoms with van der Waals surface area (Å²) in [6, 6.07) is 0. The van der Waals surface area contributed by atoms with Gasteiger partial charge in [-0.25, -0.2) is 0 Å². The van der Waals surface area contributed by atoms with Crippen LogP contribution in [0.5, 0.6) is 0 Å². The third-order valence-corrected chi connectivity index (χ3v) is 3.71. The van der Waals surface area contributed by atoms with Crippen LogP contribution in [-0.4, -0.2) is 18.6 Å². The third-order valence-electron chi connectivity index (χ3n) is 3.71. The second kappa shape index (κ2) is 3.89. The van der Waals surface area contributed by atoms with Crippen molar-refractivity contribution < 1.29 is 9.53 Å². The highest BCUT2D eigenvalue weighted by atomic mass is 16.5. The standard InChI is InChI=1S/C11H19NO2/c12-8-11(6-3-7-11)10(13)14-9-4-1-2-5-9/h9H,1-8,12H2. The minimum atomic E-state index is -0.303. The number of esters is 1. The number of ether oxygens (including phenoxy) is 1. The molecule has 0 aromatic heterocycles. The van der Waals surface area contributed by atoms with Crippen LogP contribution in [0.4, 0.5) is 0 Å². The first-order chi connectivity index (χ1) is 6.77. The fourth-order valence-electron chi connectivity index (χ4n) is 2.38. The molecule has 0 spiro atoms. The Morgan fingerprint density at radius 3 is 2.36 bits per heavy atom. The van der Waals surface area contributed by atoms with Crippen molar-refractivity contribution in [3.8, 4) is 0 Å². The van der Waals surface area contributed by atoms with Crippen molar-refractivity contribution >= 4 is 5.97 Å². The molecule has 2 rings (SSSR count). The Morgan fingerprint density at radius 2 is 1.93 bits per heavy atom. The first kappa shape index (κ1) is 9.97. The number of carbonyl (C=O) groups is 1. The maximum absolute atomic E-state index is 11.8. The SMILES string of the molecule is NCC1(C(=O)OC2CCCC2)CCC1. The highest BCUT2D eigenvalue weighted by Gasteiger charge is 2.45. The van der Waals surface area contributed by atoms with Gasteiger partial charge in [-0.2, -0.15) is 0 Å². The van der Waals surface area contributed by atoms with Crippen LogP contribution in [-0.2, 0) is 9.53 Å². The summed E-state index contributed by atoms with van der Waals surface area (Å²) < 4.78 is 5.49. The number of hydrogen-bond donors (Lipinski definition) is 1. The molecule has 3 nitrogen and oxygen atoms in total. The van der Waals surface area contributed by atoms with Crippen molar-refractivity contribution in [1.29, 1.82) is 0 Å². The summed E-state index contributed by atoms with van der Waals surface area (Å²) in [7, 11) is 0. The highest BCUT2D eigenvalue weighted by molar-refractivity contribution is 5.78. The molecule has 0 saturated heterocycles. The fraction of sp³-hybridized carbons (Fsp3) is 0.909. The molecular formula is C11H19NO2. The Bertz CT molecular complexity index is 212. The number of rotatable bonds is 3. The van der Waals surface area contributed by atoms with Crippen LogP contribution in [0.25, 0.3) is 0 Å². The quantitative estimate of drug-likeness (QED) is 0.699. The first-order valence-corrected chi connectivity index (χ1v) is 5.68. The molecule has 0 radical (unpaired) electrons. The summed E-state index contributed by atoms with van der Waals surface area (Å²) in [4.78, 5) is 11.8. The molecular weight excluding hydrogens is 178 g/mol. The maximum atomic E-state index is 11.8. The summed E-state index contributed by atoms with van der Waals surface area (Å²) in [6.07, 6.45) is 7.66. The molecule has 2 fully saturated rings. The number of carbonyl (C=O) groups excluding carboxylic acids is 1. The summed E-state index contributed by atoms with van der Waals surface area (Å²) in [6.45, 7) is 0.457. The molecule has 2 aliphatic carbocycles. The van der Waals surface area contributed by atoms with E-state index in [1.807, 2.05) is 0 Å². The molecule has 14 heavy (non-hydrogen) atoms. The van der Waals surface area contributed by atoms with E-state index < -0.39 is 0 Å². The lowest BCUT2D eigenvalue weighted by molar-refractivity contribution is -0.166. The van der Waals surface area contributed by atoms with E-state index in [1.54, 1.807) is 0 Å². The van der Waals surface area contributed by atoms with Crippen LogP contribution in [0.1, 0.15) is 44.9 Å². The Labute approximate surface area is 85.0 Å². The van der Waals surface area contributed by atoms with E-state index in [1.165, 1.54) is 12.8 Å². The second-order valence-corrected chi connectivity index (χ2v) is 4.65. The molecule has 3 heteroatoms. The van der Waals surface area contributed by atoms with Gasteiger partial charge in [0.25, 0.3) is 0 Å². The molecule has 0 aliphatic heterocycles. The number of nitrogens with two attached hydrogens (primary N) is 1. The largest absolute Gasteiger partial charge is 0.462 e. The van der Waals surface area contributed by atoms with Gasteiger partial charge in [0.15, 0.2) is 0 Å². The van der Waals surface area contributed by atoms with E-state index in [9.17, 15) is 4.79 Å². The predicted octanol–water partition coefficient (Wildman–Crippen LogP) is 1.60. The molecule has 2 aliphatic rings. The fourth-order valence-corrected chi connectivity index (χ4v) is 2.38. The zero-order chi connectivity index (χ0) is 10.0. The minimum Gasteiger partial charge on any atom is -0.462 e. The van der Waals surface area contributed by atoms with Crippen LogP contribution < -0.4 is 5.73 Å². The van der Waals surface area contributed by atoms with E-state index in [0.717, 1.165) is 32.1 Å². The van der Waals surface area contributed by atoms with Crippen molar-refractivity contribution in [3.05, 3.63) is 0 Å². The van der Waals surface area contributed by atoms with Gasteiger partial charge in [-0.1, -0.05) is 6.42 Å². The smallest absolute Gasteiger partial charge is 0.313 e.